The van der Waals surface area contributed by atoms with E-state index in [0.29, 0.717) is 30.0 Å². The van der Waals surface area contributed by atoms with Crippen molar-refractivity contribution >= 4 is 17.7 Å². The van der Waals surface area contributed by atoms with Gasteiger partial charge in [0.2, 0.25) is 11.8 Å². The van der Waals surface area contributed by atoms with E-state index in [4.69, 9.17) is 9.15 Å². The van der Waals surface area contributed by atoms with Crippen molar-refractivity contribution in [2.75, 3.05) is 32.6 Å². The molecular formula is C16H23N5O3S. The van der Waals surface area contributed by atoms with Crippen molar-refractivity contribution in [1.82, 2.24) is 24.6 Å². The van der Waals surface area contributed by atoms with Crippen molar-refractivity contribution in [1.29, 1.82) is 0 Å². The average molecular weight is 365 g/mol. The number of hydrogen-bond donors (Lipinski definition) is 0. The number of methoxy groups -OCH3 is 1. The Morgan fingerprint density at radius 1 is 1.48 bits per heavy atom. The fourth-order valence-corrected chi connectivity index (χ4v) is 3.73. The summed E-state index contributed by atoms with van der Waals surface area (Å²) in [6.07, 6.45) is 5.82. The van der Waals surface area contributed by atoms with Gasteiger partial charge in [-0.3, -0.25) is 4.79 Å². The number of aryl methyl sites for hydroxylation is 1. The van der Waals surface area contributed by atoms with Crippen LogP contribution in [0.2, 0.25) is 0 Å². The van der Waals surface area contributed by atoms with Crippen molar-refractivity contribution in [2.45, 2.75) is 37.5 Å². The minimum Gasteiger partial charge on any atom is -0.416 e. The van der Waals surface area contributed by atoms with Gasteiger partial charge in [0.15, 0.2) is 0 Å². The molecule has 8 nitrogen and oxygen atoms in total. The number of carbonyl (C=O) groups excluding carboxylic acids is 1. The number of amides is 1. The van der Waals surface area contributed by atoms with E-state index in [1.807, 2.05) is 17.3 Å². The lowest BCUT2D eigenvalue weighted by Crippen LogP contribution is -2.40. The highest BCUT2D eigenvalue weighted by Crippen LogP contribution is 2.27. The van der Waals surface area contributed by atoms with Gasteiger partial charge in [0, 0.05) is 52.0 Å². The van der Waals surface area contributed by atoms with E-state index in [2.05, 4.69) is 19.7 Å². The molecule has 1 aliphatic heterocycles. The van der Waals surface area contributed by atoms with Crippen LogP contribution < -0.4 is 0 Å². The maximum absolute atomic E-state index is 12.5. The zero-order chi connectivity index (χ0) is 17.6. The number of nitrogens with zero attached hydrogens (tertiary/aromatic N) is 5. The number of ether oxygens (including phenoxy) is 1. The van der Waals surface area contributed by atoms with Gasteiger partial charge in [-0.1, -0.05) is 11.8 Å². The van der Waals surface area contributed by atoms with Gasteiger partial charge in [0.05, 0.1) is 12.4 Å². The van der Waals surface area contributed by atoms with Crippen LogP contribution >= 0.6 is 11.8 Å². The summed E-state index contributed by atoms with van der Waals surface area (Å²) in [5.74, 6) is 2.22. The van der Waals surface area contributed by atoms with Gasteiger partial charge in [-0.2, -0.15) is 0 Å². The van der Waals surface area contributed by atoms with Crippen LogP contribution in [0.25, 0.3) is 0 Å². The lowest BCUT2D eigenvalue weighted by Gasteiger charge is -2.32. The van der Waals surface area contributed by atoms with Crippen LogP contribution in [0.4, 0.5) is 0 Å². The maximum Gasteiger partial charge on any atom is 0.277 e. The summed E-state index contributed by atoms with van der Waals surface area (Å²) in [6, 6.07) is 0. The number of carbonyl (C=O) groups is 1. The Balaban J connectivity index is 1.57. The largest absolute Gasteiger partial charge is 0.416 e. The van der Waals surface area contributed by atoms with Crippen LogP contribution in [-0.2, 0) is 16.1 Å². The molecule has 0 spiro atoms. The smallest absolute Gasteiger partial charge is 0.277 e. The van der Waals surface area contributed by atoms with E-state index in [1.165, 1.54) is 11.8 Å². The molecule has 1 amide bonds. The van der Waals surface area contributed by atoms with Gasteiger partial charge in [0.1, 0.15) is 5.82 Å². The highest BCUT2D eigenvalue weighted by Gasteiger charge is 2.27. The van der Waals surface area contributed by atoms with E-state index >= 15 is 0 Å². The summed E-state index contributed by atoms with van der Waals surface area (Å²) in [7, 11) is 1.69. The molecule has 1 aliphatic rings. The predicted octanol–water partition coefficient (Wildman–Crippen LogP) is 1.72. The zero-order valence-corrected chi connectivity index (χ0v) is 15.4. The summed E-state index contributed by atoms with van der Waals surface area (Å²) in [4.78, 5) is 18.9. The standard InChI is InChI=1S/C16H23N5O3S/c1-12-18-19-16(24-12)25-11-14(22)21-6-3-4-13(10-21)15-17-5-7-20(15)8-9-23-2/h5,7,13H,3-4,6,8-11H2,1-2H3. The Morgan fingerprint density at radius 2 is 2.36 bits per heavy atom. The summed E-state index contributed by atoms with van der Waals surface area (Å²) in [5, 5.41) is 8.12. The third kappa shape index (κ3) is 4.60. The van der Waals surface area contributed by atoms with Gasteiger partial charge >= 0.3 is 0 Å². The Labute approximate surface area is 150 Å². The first kappa shape index (κ1) is 17.9. The van der Waals surface area contributed by atoms with Crippen molar-refractivity contribution < 1.29 is 13.9 Å². The molecule has 0 saturated carbocycles. The Hall–Kier alpha value is -1.87. The molecule has 3 heterocycles. The average Bonchev–Trinajstić information content (AvgIpc) is 3.26. The van der Waals surface area contributed by atoms with E-state index in [-0.39, 0.29) is 11.8 Å². The molecule has 1 fully saturated rings. The first-order valence-electron chi connectivity index (χ1n) is 8.38. The van der Waals surface area contributed by atoms with Gasteiger partial charge in [-0.25, -0.2) is 4.98 Å². The summed E-state index contributed by atoms with van der Waals surface area (Å²) in [6.45, 7) is 4.66. The molecule has 2 aromatic rings. The molecule has 1 atom stereocenters. The quantitative estimate of drug-likeness (QED) is 0.691. The number of piperidine rings is 1. The Kier molecular flexibility index (Phi) is 6.09. The van der Waals surface area contributed by atoms with E-state index in [9.17, 15) is 4.79 Å². The second-order valence-corrected chi connectivity index (χ2v) is 6.95. The van der Waals surface area contributed by atoms with Gasteiger partial charge in [0.25, 0.3) is 5.22 Å². The molecule has 9 heteroatoms. The molecule has 136 valence electrons. The molecule has 0 radical (unpaired) electrons. The summed E-state index contributed by atoms with van der Waals surface area (Å²) < 4.78 is 12.6. The molecule has 0 aliphatic carbocycles. The number of aromatic nitrogens is 4. The van der Waals surface area contributed by atoms with Crippen LogP contribution in [0.1, 0.15) is 30.5 Å². The fraction of sp³-hybridized carbons (Fsp3) is 0.625. The van der Waals surface area contributed by atoms with Crippen molar-refractivity contribution in [3.05, 3.63) is 24.1 Å². The first-order valence-corrected chi connectivity index (χ1v) is 9.36. The second-order valence-electron chi connectivity index (χ2n) is 6.03. The predicted molar refractivity (Wildman–Crippen MR) is 92.4 cm³/mol. The lowest BCUT2D eigenvalue weighted by atomic mass is 9.97. The zero-order valence-electron chi connectivity index (χ0n) is 14.6. The van der Waals surface area contributed by atoms with E-state index in [1.54, 1.807) is 14.0 Å². The van der Waals surface area contributed by atoms with Crippen LogP contribution in [0.3, 0.4) is 0 Å². The molecule has 25 heavy (non-hydrogen) atoms. The Morgan fingerprint density at radius 3 is 3.12 bits per heavy atom. The Bertz CT molecular complexity index is 702. The molecule has 2 aromatic heterocycles. The van der Waals surface area contributed by atoms with Crippen molar-refractivity contribution in [3.63, 3.8) is 0 Å². The third-order valence-corrected chi connectivity index (χ3v) is 5.05. The molecule has 0 N–H and O–H groups in total. The molecule has 0 aromatic carbocycles. The third-order valence-electron chi connectivity index (χ3n) is 4.25. The van der Waals surface area contributed by atoms with Gasteiger partial charge in [-0.15, -0.1) is 10.2 Å². The van der Waals surface area contributed by atoms with E-state index in [0.717, 1.165) is 31.8 Å². The summed E-state index contributed by atoms with van der Waals surface area (Å²) in [5.41, 5.74) is 0. The highest BCUT2D eigenvalue weighted by molar-refractivity contribution is 7.99. The maximum atomic E-state index is 12.5. The number of imidazole rings is 1. The van der Waals surface area contributed by atoms with E-state index < -0.39 is 0 Å². The molecular weight excluding hydrogens is 342 g/mol. The fourth-order valence-electron chi connectivity index (χ4n) is 3.03. The monoisotopic (exact) mass is 365 g/mol. The SMILES string of the molecule is COCCn1ccnc1C1CCCN(C(=O)CSc2nnc(C)o2)C1. The summed E-state index contributed by atoms with van der Waals surface area (Å²) >= 11 is 1.29. The molecule has 1 saturated heterocycles. The molecule has 1 unspecified atom stereocenters. The minimum atomic E-state index is 0.0977. The normalized spacial score (nSPS) is 17.8. The lowest BCUT2D eigenvalue weighted by molar-refractivity contribution is -0.129. The van der Waals surface area contributed by atoms with Crippen LogP contribution in [-0.4, -0.2) is 63.1 Å². The number of likely N-dealkylation sites (tertiary alicyclic amines) is 1. The van der Waals surface area contributed by atoms with Crippen molar-refractivity contribution in [2.24, 2.45) is 0 Å². The topological polar surface area (TPSA) is 86.3 Å². The van der Waals surface area contributed by atoms with Crippen LogP contribution in [0.15, 0.2) is 22.0 Å². The molecule has 3 rings (SSSR count). The number of rotatable bonds is 7. The minimum absolute atomic E-state index is 0.0977. The van der Waals surface area contributed by atoms with Crippen LogP contribution in [0.5, 0.6) is 0 Å². The molecule has 0 bridgehead atoms. The number of thioether (sulfide) groups is 1. The second kappa shape index (κ2) is 8.48. The highest BCUT2D eigenvalue weighted by atomic mass is 32.2. The van der Waals surface area contributed by atoms with Gasteiger partial charge < -0.3 is 18.6 Å². The van der Waals surface area contributed by atoms with Gasteiger partial charge in [-0.05, 0) is 12.8 Å². The number of hydrogen-bond acceptors (Lipinski definition) is 7. The first-order chi connectivity index (χ1) is 12.2. The van der Waals surface area contributed by atoms with Crippen molar-refractivity contribution in [3.8, 4) is 0 Å². The van der Waals surface area contributed by atoms with Crippen LogP contribution in [0, 0.1) is 6.92 Å².